The summed E-state index contributed by atoms with van der Waals surface area (Å²) in [5, 5.41) is 0. The SMILES string of the molecule is CN(C)S(=O)(=O)N1CCCC1C1CCCN1Cc1ccccc1. The summed E-state index contributed by atoms with van der Waals surface area (Å²) in [7, 11) is -0.0673. The molecule has 2 aliphatic rings. The van der Waals surface area contributed by atoms with Gasteiger partial charge in [0.05, 0.1) is 0 Å². The van der Waals surface area contributed by atoms with Gasteiger partial charge in [-0.2, -0.15) is 17.0 Å². The van der Waals surface area contributed by atoms with Gasteiger partial charge in [0.2, 0.25) is 0 Å². The van der Waals surface area contributed by atoms with Crippen LogP contribution in [0.2, 0.25) is 0 Å². The molecule has 128 valence electrons. The van der Waals surface area contributed by atoms with Gasteiger partial charge in [-0.05, 0) is 37.8 Å². The molecule has 2 atom stereocenters. The van der Waals surface area contributed by atoms with Crippen molar-refractivity contribution in [2.45, 2.75) is 44.3 Å². The highest BCUT2D eigenvalue weighted by atomic mass is 32.2. The minimum Gasteiger partial charge on any atom is -0.295 e. The van der Waals surface area contributed by atoms with Gasteiger partial charge >= 0.3 is 0 Å². The Morgan fingerprint density at radius 1 is 1.04 bits per heavy atom. The number of rotatable bonds is 5. The molecule has 1 aromatic rings. The molecule has 0 bridgehead atoms. The molecule has 3 rings (SSSR count). The van der Waals surface area contributed by atoms with Crippen molar-refractivity contribution in [2.24, 2.45) is 0 Å². The van der Waals surface area contributed by atoms with E-state index >= 15 is 0 Å². The van der Waals surface area contributed by atoms with Crippen molar-refractivity contribution in [1.29, 1.82) is 0 Å². The van der Waals surface area contributed by atoms with Crippen LogP contribution in [0.4, 0.5) is 0 Å². The topological polar surface area (TPSA) is 43.9 Å². The maximum absolute atomic E-state index is 12.6. The third-order valence-electron chi connectivity index (χ3n) is 5.09. The summed E-state index contributed by atoms with van der Waals surface area (Å²) in [6.45, 7) is 2.63. The van der Waals surface area contributed by atoms with E-state index in [1.165, 1.54) is 9.87 Å². The van der Waals surface area contributed by atoms with Crippen molar-refractivity contribution in [1.82, 2.24) is 13.5 Å². The van der Waals surface area contributed by atoms with Crippen molar-refractivity contribution >= 4 is 10.2 Å². The van der Waals surface area contributed by atoms with Gasteiger partial charge in [-0.3, -0.25) is 4.90 Å². The second-order valence-electron chi connectivity index (χ2n) is 6.78. The summed E-state index contributed by atoms with van der Waals surface area (Å²) in [6, 6.07) is 10.9. The molecule has 5 nitrogen and oxygen atoms in total. The zero-order valence-electron chi connectivity index (χ0n) is 14.1. The molecule has 2 saturated heterocycles. The quantitative estimate of drug-likeness (QED) is 0.824. The lowest BCUT2D eigenvalue weighted by Crippen LogP contribution is -2.50. The molecular formula is C17H27N3O2S. The summed E-state index contributed by atoms with van der Waals surface area (Å²) in [4.78, 5) is 2.48. The predicted octanol–water partition coefficient (Wildman–Crippen LogP) is 1.92. The second kappa shape index (κ2) is 6.89. The Morgan fingerprint density at radius 2 is 1.70 bits per heavy atom. The van der Waals surface area contributed by atoms with E-state index in [0.29, 0.717) is 12.6 Å². The first kappa shape index (κ1) is 16.9. The molecule has 0 saturated carbocycles. The van der Waals surface area contributed by atoms with Gasteiger partial charge in [0.25, 0.3) is 10.2 Å². The predicted molar refractivity (Wildman–Crippen MR) is 92.2 cm³/mol. The molecule has 6 heteroatoms. The number of hydrogen-bond acceptors (Lipinski definition) is 3. The Bertz CT molecular complexity index is 618. The highest BCUT2D eigenvalue weighted by Gasteiger charge is 2.43. The first-order valence-corrected chi connectivity index (χ1v) is 9.87. The molecule has 23 heavy (non-hydrogen) atoms. The molecule has 0 amide bonds. The third-order valence-corrected chi connectivity index (χ3v) is 7.06. The maximum Gasteiger partial charge on any atom is 0.281 e. The molecular weight excluding hydrogens is 310 g/mol. The van der Waals surface area contributed by atoms with Gasteiger partial charge in [0.1, 0.15) is 0 Å². The maximum atomic E-state index is 12.6. The normalized spacial score (nSPS) is 27.1. The smallest absolute Gasteiger partial charge is 0.281 e. The molecule has 1 aromatic carbocycles. The van der Waals surface area contributed by atoms with E-state index in [1.807, 2.05) is 6.07 Å². The molecule has 0 aromatic heterocycles. The fourth-order valence-electron chi connectivity index (χ4n) is 3.95. The van der Waals surface area contributed by atoms with Crippen LogP contribution < -0.4 is 0 Å². The Hall–Kier alpha value is -0.950. The first-order chi connectivity index (χ1) is 11.0. The van der Waals surface area contributed by atoms with Gasteiger partial charge in [-0.15, -0.1) is 0 Å². The van der Waals surface area contributed by atoms with Crippen LogP contribution in [0.25, 0.3) is 0 Å². The van der Waals surface area contributed by atoms with E-state index in [9.17, 15) is 8.42 Å². The Balaban J connectivity index is 1.76. The van der Waals surface area contributed by atoms with Crippen molar-refractivity contribution in [3.05, 3.63) is 35.9 Å². The highest BCUT2D eigenvalue weighted by Crippen LogP contribution is 2.33. The summed E-state index contributed by atoms with van der Waals surface area (Å²) in [6.07, 6.45) is 4.19. The average Bonchev–Trinajstić information content (AvgIpc) is 3.16. The molecule has 2 heterocycles. The lowest BCUT2D eigenvalue weighted by molar-refractivity contribution is 0.170. The second-order valence-corrected chi connectivity index (χ2v) is 8.87. The Kier molecular flexibility index (Phi) is 5.06. The van der Waals surface area contributed by atoms with Crippen molar-refractivity contribution < 1.29 is 8.42 Å². The number of benzene rings is 1. The van der Waals surface area contributed by atoms with Crippen LogP contribution in [0.5, 0.6) is 0 Å². The molecule has 0 aliphatic carbocycles. The van der Waals surface area contributed by atoms with E-state index in [2.05, 4.69) is 29.2 Å². The Morgan fingerprint density at radius 3 is 2.39 bits per heavy atom. The first-order valence-electron chi connectivity index (χ1n) is 8.47. The fourth-order valence-corrected chi connectivity index (χ4v) is 5.32. The van der Waals surface area contributed by atoms with Crippen LogP contribution in [-0.2, 0) is 16.8 Å². The third kappa shape index (κ3) is 3.45. The molecule has 2 fully saturated rings. The fraction of sp³-hybridized carbons (Fsp3) is 0.647. The van der Waals surface area contributed by atoms with E-state index in [0.717, 1.165) is 38.8 Å². The molecule has 0 spiro atoms. The monoisotopic (exact) mass is 337 g/mol. The minimum atomic E-state index is -3.32. The number of likely N-dealkylation sites (tertiary alicyclic amines) is 1. The zero-order valence-corrected chi connectivity index (χ0v) is 14.9. The molecule has 0 N–H and O–H groups in total. The van der Waals surface area contributed by atoms with Crippen LogP contribution >= 0.6 is 0 Å². The highest BCUT2D eigenvalue weighted by molar-refractivity contribution is 7.86. The van der Waals surface area contributed by atoms with Crippen LogP contribution in [0, 0.1) is 0 Å². The zero-order chi connectivity index (χ0) is 16.4. The molecule has 2 aliphatic heterocycles. The van der Waals surface area contributed by atoms with Gasteiger partial charge in [-0.1, -0.05) is 30.3 Å². The minimum absolute atomic E-state index is 0.119. The van der Waals surface area contributed by atoms with E-state index in [4.69, 9.17) is 0 Å². The summed E-state index contributed by atoms with van der Waals surface area (Å²) >= 11 is 0. The van der Waals surface area contributed by atoms with Crippen LogP contribution in [0.1, 0.15) is 31.2 Å². The number of nitrogens with zero attached hydrogens (tertiary/aromatic N) is 3. The standard InChI is InChI=1S/C17H27N3O2S/c1-18(2)23(21,22)20-13-7-11-17(20)16-10-6-12-19(16)14-15-8-4-3-5-9-15/h3-5,8-9,16-17H,6-7,10-14H2,1-2H3. The van der Waals surface area contributed by atoms with Crippen molar-refractivity contribution in [3.63, 3.8) is 0 Å². The summed E-state index contributed by atoms with van der Waals surface area (Å²) in [5.74, 6) is 0. The van der Waals surface area contributed by atoms with Gasteiger partial charge < -0.3 is 0 Å². The molecule has 0 radical (unpaired) electrons. The van der Waals surface area contributed by atoms with Gasteiger partial charge in [0, 0.05) is 39.3 Å². The van der Waals surface area contributed by atoms with E-state index < -0.39 is 10.2 Å². The van der Waals surface area contributed by atoms with E-state index in [1.54, 1.807) is 18.4 Å². The van der Waals surface area contributed by atoms with Crippen molar-refractivity contribution in [3.8, 4) is 0 Å². The van der Waals surface area contributed by atoms with Crippen LogP contribution in [0.3, 0.4) is 0 Å². The lowest BCUT2D eigenvalue weighted by atomic mass is 10.0. The lowest BCUT2D eigenvalue weighted by Gasteiger charge is -2.35. The largest absolute Gasteiger partial charge is 0.295 e. The van der Waals surface area contributed by atoms with Gasteiger partial charge in [-0.25, -0.2) is 0 Å². The molecule has 2 unspecified atom stereocenters. The van der Waals surface area contributed by atoms with Crippen LogP contribution in [0.15, 0.2) is 30.3 Å². The summed E-state index contributed by atoms with van der Waals surface area (Å²) in [5.41, 5.74) is 1.31. The van der Waals surface area contributed by atoms with E-state index in [-0.39, 0.29) is 6.04 Å². The van der Waals surface area contributed by atoms with Crippen LogP contribution in [-0.4, -0.2) is 61.2 Å². The van der Waals surface area contributed by atoms with Gasteiger partial charge in [0.15, 0.2) is 0 Å². The Labute approximate surface area is 140 Å². The average molecular weight is 337 g/mol. The summed E-state index contributed by atoms with van der Waals surface area (Å²) < 4.78 is 28.3. The number of hydrogen-bond donors (Lipinski definition) is 0. The van der Waals surface area contributed by atoms with Crippen molar-refractivity contribution in [2.75, 3.05) is 27.2 Å².